The maximum Gasteiger partial charge on any atom is 0.129 e. The minimum atomic E-state index is 0.328. The van der Waals surface area contributed by atoms with Gasteiger partial charge >= 0.3 is 0 Å². The minimum Gasteiger partial charge on any atom is -0.507 e. The van der Waals surface area contributed by atoms with E-state index in [1.165, 1.54) is 0 Å². The summed E-state index contributed by atoms with van der Waals surface area (Å²) in [4.78, 5) is 4.00. The zero-order valence-electron chi connectivity index (χ0n) is 6.16. The molecule has 1 heterocycles. The summed E-state index contributed by atoms with van der Waals surface area (Å²) in [5.74, 6) is 0.328. The molecule has 0 fully saturated rings. The number of benzene rings is 1. The first-order valence-corrected chi connectivity index (χ1v) is 4.58. The lowest BCUT2D eigenvalue weighted by Crippen LogP contribution is -1.79. The number of hydrogen-bond acceptors (Lipinski definition) is 2. The molecule has 1 aromatic carbocycles. The van der Waals surface area contributed by atoms with Crippen LogP contribution in [0.1, 0.15) is 0 Å². The van der Waals surface area contributed by atoms with Gasteiger partial charge in [-0.3, -0.25) is 4.98 Å². The highest BCUT2D eigenvalue weighted by atomic mass is 127. The molecule has 0 amide bonds. The lowest BCUT2D eigenvalue weighted by molar-refractivity contribution is 0.472. The van der Waals surface area contributed by atoms with Crippen LogP contribution in [0.4, 0.5) is 0 Å². The Kier molecular flexibility index (Phi) is 1.88. The van der Waals surface area contributed by atoms with Crippen molar-refractivity contribution in [2.75, 3.05) is 0 Å². The number of phenolic OH excluding ortho intramolecular Hbond substituents is 1. The topological polar surface area (TPSA) is 33.1 Å². The van der Waals surface area contributed by atoms with Gasteiger partial charge in [-0.2, -0.15) is 0 Å². The van der Waals surface area contributed by atoms with E-state index in [4.69, 9.17) is 0 Å². The van der Waals surface area contributed by atoms with Crippen molar-refractivity contribution in [3.63, 3.8) is 0 Å². The molecular weight excluding hydrogens is 265 g/mol. The fourth-order valence-corrected chi connectivity index (χ4v) is 1.79. The highest BCUT2D eigenvalue weighted by Gasteiger charge is 2.01. The lowest BCUT2D eigenvalue weighted by atomic mass is 10.2. The third-order valence-electron chi connectivity index (χ3n) is 1.73. The van der Waals surface area contributed by atoms with Crippen LogP contribution >= 0.6 is 22.6 Å². The highest BCUT2D eigenvalue weighted by Crippen LogP contribution is 2.27. The lowest BCUT2D eigenvalue weighted by Gasteiger charge is -2.00. The van der Waals surface area contributed by atoms with Crippen molar-refractivity contribution in [3.05, 3.63) is 34.2 Å². The quantitative estimate of drug-likeness (QED) is 0.747. The van der Waals surface area contributed by atoms with Crippen molar-refractivity contribution in [1.29, 1.82) is 0 Å². The van der Waals surface area contributed by atoms with Crippen LogP contribution < -0.4 is 0 Å². The molecule has 0 saturated heterocycles. The van der Waals surface area contributed by atoms with Gasteiger partial charge in [0.2, 0.25) is 0 Å². The van der Waals surface area contributed by atoms with Crippen molar-refractivity contribution in [2.24, 2.45) is 0 Å². The van der Waals surface area contributed by atoms with Gasteiger partial charge in [-0.15, -0.1) is 0 Å². The third kappa shape index (κ3) is 1.14. The average molecular weight is 271 g/mol. The first-order chi connectivity index (χ1) is 5.79. The number of halogens is 1. The number of rotatable bonds is 0. The predicted octanol–water partition coefficient (Wildman–Crippen LogP) is 2.55. The fourth-order valence-electron chi connectivity index (χ4n) is 1.12. The van der Waals surface area contributed by atoms with Crippen LogP contribution in [0.5, 0.6) is 5.75 Å². The Morgan fingerprint density at radius 2 is 2.08 bits per heavy atom. The number of hydrogen-bond donors (Lipinski definition) is 1. The second-order valence-corrected chi connectivity index (χ2v) is 3.57. The molecule has 2 aromatic rings. The van der Waals surface area contributed by atoms with E-state index in [9.17, 15) is 5.11 Å². The molecule has 1 N–H and O–H groups in total. The van der Waals surface area contributed by atoms with E-state index in [1.54, 1.807) is 18.5 Å². The van der Waals surface area contributed by atoms with E-state index < -0.39 is 0 Å². The summed E-state index contributed by atoms with van der Waals surface area (Å²) < 4.78 is 0.882. The van der Waals surface area contributed by atoms with Gasteiger partial charge in [-0.1, -0.05) is 0 Å². The molecule has 60 valence electrons. The molecule has 0 atom stereocenters. The summed E-state index contributed by atoms with van der Waals surface area (Å²) in [6.45, 7) is 0. The van der Waals surface area contributed by atoms with Crippen LogP contribution in [0.25, 0.3) is 10.8 Å². The third-order valence-corrected chi connectivity index (χ3v) is 2.87. The van der Waals surface area contributed by atoms with Gasteiger partial charge in [-0.25, -0.2) is 0 Å². The Morgan fingerprint density at radius 1 is 1.25 bits per heavy atom. The number of aromatic hydroxyl groups is 1. The molecule has 0 saturated carbocycles. The highest BCUT2D eigenvalue weighted by molar-refractivity contribution is 14.1. The summed E-state index contributed by atoms with van der Waals surface area (Å²) in [6.07, 6.45) is 3.51. The molecule has 0 unspecified atom stereocenters. The SMILES string of the molecule is Oc1ccc2cnccc2c1I. The first kappa shape index (κ1) is 7.79. The molecule has 0 aliphatic rings. The van der Waals surface area contributed by atoms with Crippen LogP contribution in [-0.4, -0.2) is 10.1 Å². The largest absolute Gasteiger partial charge is 0.507 e. The molecule has 3 heteroatoms. The molecule has 0 radical (unpaired) electrons. The summed E-state index contributed by atoms with van der Waals surface area (Å²) in [5, 5.41) is 11.5. The van der Waals surface area contributed by atoms with E-state index in [2.05, 4.69) is 27.6 Å². The summed E-state index contributed by atoms with van der Waals surface area (Å²) in [5.41, 5.74) is 0. The number of pyridine rings is 1. The maximum absolute atomic E-state index is 9.39. The standard InChI is InChI=1S/C9H6INO/c10-9-7-3-4-11-5-6(7)1-2-8(9)12/h1-5,12H. The first-order valence-electron chi connectivity index (χ1n) is 3.50. The molecule has 0 spiro atoms. The van der Waals surface area contributed by atoms with E-state index in [0.717, 1.165) is 14.3 Å². The summed E-state index contributed by atoms with van der Waals surface area (Å²) in [7, 11) is 0. The molecule has 1 aromatic heterocycles. The zero-order valence-corrected chi connectivity index (χ0v) is 8.32. The molecule has 12 heavy (non-hydrogen) atoms. The maximum atomic E-state index is 9.39. The molecule has 0 aliphatic carbocycles. The Bertz CT molecular complexity index is 428. The van der Waals surface area contributed by atoms with Crippen LogP contribution in [0, 0.1) is 3.57 Å². The summed E-state index contributed by atoms with van der Waals surface area (Å²) >= 11 is 2.12. The van der Waals surface area contributed by atoms with Crippen LogP contribution in [0.3, 0.4) is 0 Å². The molecule has 0 aliphatic heterocycles. The van der Waals surface area contributed by atoms with Crippen molar-refractivity contribution in [2.45, 2.75) is 0 Å². The van der Waals surface area contributed by atoms with E-state index in [0.29, 0.717) is 5.75 Å². The second-order valence-electron chi connectivity index (χ2n) is 2.50. The van der Waals surface area contributed by atoms with Gasteiger partial charge in [0.15, 0.2) is 0 Å². The van der Waals surface area contributed by atoms with E-state index >= 15 is 0 Å². The number of fused-ring (bicyclic) bond motifs is 1. The van der Waals surface area contributed by atoms with Crippen LogP contribution in [-0.2, 0) is 0 Å². The average Bonchev–Trinajstić information content (AvgIpc) is 2.12. The Balaban J connectivity index is 2.91. The Labute approximate surface area is 83.4 Å². The van der Waals surface area contributed by atoms with Gasteiger partial charge in [-0.05, 0) is 40.8 Å². The van der Waals surface area contributed by atoms with Crippen molar-refractivity contribution >= 4 is 33.4 Å². The molecule has 0 bridgehead atoms. The predicted molar refractivity (Wildman–Crippen MR) is 56.1 cm³/mol. The smallest absolute Gasteiger partial charge is 0.129 e. The molecule has 2 rings (SSSR count). The molecular formula is C9H6INO. The van der Waals surface area contributed by atoms with Gasteiger partial charge in [0.1, 0.15) is 5.75 Å². The van der Waals surface area contributed by atoms with Crippen LogP contribution in [0.2, 0.25) is 0 Å². The number of nitrogens with zero attached hydrogens (tertiary/aromatic N) is 1. The second kappa shape index (κ2) is 2.90. The van der Waals surface area contributed by atoms with E-state index in [-0.39, 0.29) is 0 Å². The Morgan fingerprint density at radius 3 is 2.92 bits per heavy atom. The monoisotopic (exact) mass is 271 g/mol. The van der Waals surface area contributed by atoms with Crippen molar-refractivity contribution in [3.8, 4) is 5.75 Å². The minimum absolute atomic E-state index is 0.328. The van der Waals surface area contributed by atoms with Gasteiger partial charge in [0.05, 0.1) is 3.57 Å². The van der Waals surface area contributed by atoms with Gasteiger partial charge in [0.25, 0.3) is 0 Å². The van der Waals surface area contributed by atoms with Crippen molar-refractivity contribution in [1.82, 2.24) is 4.98 Å². The van der Waals surface area contributed by atoms with E-state index in [1.807, 2.05) is 12.1 Å². The number of phenols is 1. The summed E-state index contributed by atoms with van der Waals surface area (Å²) in [6, 6.07) is 5.45. The van der Waals surface area contributed by atoms with Crippen LogP contribution in [0.15, 0.2) is 30.6 Å². The Hall–Kier alpha value is -0.840. The molecule has 2 nitrogen and oxygen atoms in total. The number of aromatic nitrogens is 1. The zero-order chi connectivity index (χ0) is 8.55. The van der Waals surface area contributed by atoms with Gasteiger partial charge < -0.3 is 5.11 Å². The van der Waals surface area contributed by atoms with Gasteiger partial charge in [0, 0.05) is 23.2 Å². The normalized spacial score (nSPS) is 10.4. The fraction of sp³-hybridized carbons (Fsp3) is 0. The van der Waals surface area contributed by atoms with Crippen molar-refractivity contribution < 1.29 is 5.11 Å².